The number of hydrogen-bond donors (Lipinski definition) is 2. The van der Waals surface area contributed by atoms with Crippen LogP contribution in [0.25, 0.3) is 0 Å². The Morgan fingerprint density at radius 1 is 0.917 bits per heavy atom. The smallest absolute Gasteiger partial charge is 0.331 e. The van der Waals surface area contributed by atoms with Crippen LogP contribution in [-0.2, 0) is 38.1 Å². The Morgan fingerprint density at radius 2 is 1.50 bits per heavy atom. The predicted molar refractivity (Wildman–Crippen MR) is 72.9 cm³/mol. The number of carboxylic acids is 2. The van der Waals surface area contributed by atoms with E-state index < -0.39 is 48.3 Å². The molecule has 2 saturated heterocycles. The summed E-state index contributed by atoms with van der Waals surface area (Å²) in [6.07, 6.45) is -1.89. The fourth-order valence-electron chi connectivity index (χ4n) is 2.40. The van der Waals surface area contributed by atoms with E-state index in [4.69, 9.17) is 29.2 Å². The third kappa shape index (κ3) is 4.77. The minimum Gasteiger partial charge on any atom is -0.481 e. The minimum atomic E-state index is -1.28. The fourth-order valence-corrected chi connectivity index (χ4v) is 2.40. The van der Waals surface area contributed by atoms with E-state index in [0.717, 1.165) is 6.08 Å². The summed E-state index contributed by atoms with van der Waals surface area (Å²) in [4.78, 5) is 43.8. The predicted octanol–water partition coefficient (Wildman–Crippen LogP) is -0.887. The normalized spacial score (nSPS) is 28.5. The lowest BCUT2D eigenvalue weighted by Crippen LogP contribution is -2.35. The molecule has 0 aromatic carbocycles. The maximum Gasteiger partial charge on any atom is 0.331 e. The molecule has 0 unspecified atom stereocenters. The van der Waals surface area contributed by atoms with Crippen LogP contribution in [0.1, 0.15) is 12.8 Å². The molecule has 24 heavy (non-hydrogen) atoms. The van der Waals surface area contributed by atoms with Crippen molar-refractivity contribution < 1.29 is 48.3 Å². The van der Waals surface area contributed by atoms with E-state index in [9.17, 15) is 19.2 Å². The highest BCUT2D eigenvalue weighted by Crippen LogP contribution is 2.30. The molecule has 0 radical (unpaired) electrons. The molecular weight excluding hydrogens is 328 g/mol. The standard InChI is InChI=1S/C14H16O10/c15-9(16)1-3-11(19)23-7-5-21-14-8(6-22-13(7)14)24-12(20)4-2-10(17)18/h1,3,7-8,13-14H,2,4-6H2,(H,15,16)(H,17,18)/b3-1+/t7-,8-,13+,14+/m0/s1. The van der Waals surface area contributed by atoms with Crippen LogP contribution in [0, 0.1) is 0 Å². The van der Waals surface area contributed by atoms with Gasteiger partial charge in [-0.2, -0.15) is 0 Å². The number of carboxylic acid groups (broad SMARTS) is 2. The van der Waals surface area contributed by atoms with Gasteiger partial charge in [0.15, 0.2) is 12.2 Å². The van der Waals surface area contributed by atoms with Crippen LogP contribution in [0.5, 0.6) is 0 Å². The zero-order chi connectivity index (χ0) is 17.7. The molecular formula is C14H16O10. The van der Waals surface area contributed by atoms with Crippen molar-refractivity contribution in [3.05, 3.63) is 12.2 Å². The highest BCUT2D eigenvalue weighted by molar-refractivity contribution is 5.90. The van der Waals surface area contributed by atoms with Crippen molar-refractivity contribution in [2.45, 2.75) is 37.3 Å². The summed E-state index contributed by atoms with van der Waals surface area (Å²) in [5, 5.41) is 17.0. The lowest BCUT2D eigenvalue weighted by Gasteiger charge is -2.16. The third-order valence-corrected chi connectivity index (χ3v) is 3.42. The maximum atomic E-state index is 11.6. The average Bonchev–Trinajstić information content (AvgIpc) is 3.07. The van der Waals surface area contributed by atoms with Gasteiger partial charge in [0.1, 0.15) is 12.2 Å². The number of carbonyl (C=O) groups is 4. The van der Waals surface area contributed by atoms with Crippen LogP contribution in [0.4, 0.5) is 0 Å². The molecule has 2 fully saturated rings. The van der Waals surface area contributed by atoms with Crippen LogP contribution in [-0.4, -0.2) is 71.7 Å². The average molecular weight is 344 g/mol. The lowest BCUT2D eigenvalue weighted by atomic mass is 10.1. The zero-order valence-corrected chi connectivity index (χ0v) is 12.5. The lowest BCUT2D eigenvalue weighted by molar-refractivity contribution is -0.156. The molecule has 0 bridgehead atoms. The largest absolute Gasteiger partial charge is 0.481 e. The summed E-state index contributed by atoms with van der Waals surface area (Å²) >= 11 is 0. The van der Waals surface area contributed by atoms with Crippen molar-refractivity contribution in [2.75, 3.05) is 13.2 Å². The van der Waals surface area contributed by atoms with Gasteiger partial charge < -0.3 is 29.2 Å². The Hall–Kier alpha value is -2.46. The quantitative estimate of drug-likeness (QED) is 0.440. The van der Waals surface area contributed by atoms with Crippen molar-refractivity contribution in [3.63, 3.8) is 0 Å². The number of aliphatic carboxylic acids is 2. The van der Waals surface area contributed by atoms with E-state index in [2.05, 4.69) is 0 Å². The highest BCUT2D eigenvalue weighted by Gasteiger charge is 2.51. The van der Waals surface area contributed by atoms with Crippen molar-refractivity contribution in [1.82, 2.24) is 0 Å². The number of ether oxygens (including phenoxy) is 4. The zero-order valence-electron chi connectivity index (χ0n) is 12.5. The van der Waals surface area contributed by atoms with Crippen LogP contribution < -0.4 is 0 Å². The number of hydrogen-bond acceptors (Lipinski definition) is 8. The van der Waals surface area contributed by atoms with Gasteiger partial charge in [-0.15, -0.1) is 0 Å². The summed E-state index contributed by atoms with van der Waals surface area (Å²) in [6.45, 7) is 0.0539. The van der Waals surface area contributed by atoms with E-state index in [1.807, 2.05) is 0 Å². The Bertz CT molecular complexity index is 554. The van der Waals surface area contributed by atoms with Crippen molar-refractivity contribution in [2.24, 2.45) is 0 Å². The monoisotopic (exact) mass is 344 g/mol. The molecule has 4 atom stereocenters. The van der Waals surface area contributed by atoms with E-state index in [-0.39, 0.29) is 26.1 Å². The van der Waals surface area contributed by atoms with Gasteiger partial charge in [-0.1, -0.05) is 0 Å². The number of esters is 2. The molecule has 0 aromatic rings. The van der Waals surface area contributed by atoms with Gasteiger partial charge in [-0.3, -0.25) is 9.59 Å². The first-order valence-corrected chi connectivity index (χ1v) is 7.13. The van der Waals surface area contributed by atoms with Gasteiger partial charge in [-0.05, 0) is 0 Å². The molecule has 0 aliphatic carbocycles. The molecule has 0 amide bonds. The second-order valence-corrected chi connectivity index (χ2v) is 5.16. The van der Waals surface area contributed by atoms with Crippen molar-refractivity contribution in [3.8, 4) is 0 Å². The van der Waals surface area contributed by atoms with E-state index in [0.29, 0.717) is 6.08 Å². The Balaban J connectivity index is 1.83. The SMILES string of the molecule is O=C(O)/C=C/C(=O)O[C@H]1CO[C@H]2[C@@H]1OC[C@@H]2OC(=O)CCC(=O)O. The van der Waals surface area contributed by atoms with Gasteiger partial charge in [0.25, 0.3) is 0 Å². The van der Waals surface area contributed by atoms with Crippen LogP contribution in [0.3, 0.4) is 0 Å². The molecule has 2 aliphatic heterocycles. The molecule has 10 heteroatoms. The van der Waals surface area contributed by atoms with Gasteiger partial charge in [0, 0.05) is 12.2 Å². The molecule has 0 spiro atoms. The molecule has 2 heterocycles. The molecule has 0 aromatic heterocycles. The molecule has 132 valence electrons. The van der Waals surface area contributed by atoms with Crippen LogP contribution in [0.15, 0.2) is 12.2 Å². The first-order valence-electron chi connectivity index (χ1n) is 7.13. The first kappa shape index (κ1) is 17.9. The summed E-state index contributed by atoms with van der Waals surface area (Å²) in [7, 11) is 0. The van der Waals surface area contributed by atoms with Crippen LogP contribution in [0.2, 0.25) is 0 Å². The minimum absolute atomic E-state index is 0.0190. The summed E-state index contributed by atoms with van der Waals surface area (Å²) in [5.41, 5.74) is 0. The fraction of sp³-hybridized carbons (Fsp3) is 0.571. The maximum absolute atomic E-state index is 11.6. The van der Waals surface area contributed by atoms with Crippen molar-refractivity contribution >= 4 is 23.9 Å². The summed E-state index contributed by atoms with van der Waals surface area (Å²) in [6, 6.07) is 0. The van der Waals surface area contributed by atoms with Gasteiger partial charge in [0.2, 0.25) is 0 Å². The highest BCUT2D eigenvalue weighted by atomic mass is 16.7. The molecule has 10 nitrogen and oxygen atoms in total. The molecule has 2 aliphatic rings. The summed E-state index contributed by atoms with van der Waals surface area (Å²) in [5.74, 6) is -3.92. The number of fused-ring (bicyclic) bond motifs is 1. The number of rotatable bonds is 7. The van der Waals surface area contributed by atoms with E-state index in [1.165, 1.54) is 0 Å². The van der Waals surface area contributed by atoms with Crippen molar-refractivity contribution in [1.29, 1.82) is 0 Å². The molecule has 2 N–H and O–H groups in total. The second kappa shape index (κ2) is 7.88. The number of carbonyl (C=O) groups excluding carboxylic acids is 2. The van der Waals surface area contributed by atoms with E-state index >= 15 is 0 Å². The first-order chi connectivity index (χ1) is 11.4. The van der Waals surface area contributed by atoms with Gasteiger partial charge >= 0.3 is 23.9 Å². The van der Waals surface area contributed by atoms with Gasteiger partial charge in [0.05, 0.1) is 26.1 Å². The summed E-state index contributed by atoms with van der Waals surface area (Å²) < 4.78 is 21.0. The second-order valence-electron chi connectivity index (χ2n) is 5.16. The van der Waals surface area contributed by atoms with Gasteiger partial charge in [-0.25, -0.2) is 9.59 Å². The molecule has 2 rings (SSSR count). The Morgan fingerprint density at radius 3 is 2.04 bits per heavy atom. The topological polar surface area (TPSA) is 146 Å². The van der Waals surface area contributed by atoms with Crippen LogP contribution >= 0.6 is 0 Å². The van der Waals surface area contributed by atoms with E-state index in [1.54, 1.807) is 0 Å². The Labute approximate surface area is 135 Å². The molecule has 0 saturated carbocycles. The Kier molecular flexibility index (Phi) is 5.88. The third-order valence-electron chi connectivity index (χ3n) is 3.42.